The number of piperidine rings is 1. The van der Waals surface area contributed by atoms with Crippen LogP contribution in [0.25, 0.3) is 0 Å². The van der Waals surface area contributed by atoms with Gasteiger partial charge in [-0.25, -0.2) is 9.79 Å². The van der Waals surface area contributed by atoms with E-state index in [-0.39, 0.29) is 36.1 Å². The lowest BCUT2D eigenvalue weighted by atomic mass is 10.1. The van der Waals surface area contributed by atoms with E-state index < -0.39 is 0 Å². The molecule has 0 aliphatic carbocycles. The first-order valence-electron chi connectivity index (χ1n) is 9.35. The fourth-order valence-electron chi connectivity index (χ4n) is 2.94. The Morgan fingerprint density at radius 3 is 2.57 bits per heavy atom. The molecule has 1 aromatic rings. The van der Waals surface area contributed by atoms with Gasteiger partial charge in [-0.15, -0.1) is 24.0 Å². The van der Waals surface area contributed by atoms with Crippen LogP contribution in [0, 0.1) is 0 Å². The quantitative estimate of drug-likeness (QED) is 0.335. The molecule has 1 aliphatic rings. The van der Waals surface area contributed by atoms with Crippen LogP contribution in [-0.4, -0.2) is 56.4 Å². The van der Waals surface area contributed by atoms with Gasteiger partial charge in [-0.05, 0) is 44.4 Å². The van der Waals surface area contributed by atoms with E-state index >= 15 is 0 Å². The number of likely N-dealkylation sites (tertiary alicyclic amines) is 1. The van der Waals surface area contributed by atoms with Crippen molar-refractivity contribution in [3.8, 4) is 11.5 Å². The number of nitrogens with zero attached hydrogens (tertiary/aromatic N) is 2. The number of rotatable bonds is 7. The summed E-state index contributed by atoms with van der Waals surface area (Å²) in [7, 11) is 1.61. The van der Waals surface area contributed by atoms with Gasteiger partial charge in [-0.2, -0.15) is 0 Å². The summed E-state index contributed by atoms with van der Waals surface area (Å²) < 4.78 is 15.9. The van der Waals surface area contributed by atoms with Crippen molar-refractivity contribution < 1.29 is 19.0 Å². The van der Waals surface area contributed by atoms with Gasteiger partial charge < -0.3 is 30.2 Å². The summed E-state index contributed by atoms with van der Waals surface area (Å²) in [5.41, 5.74) is 7.00. The van der Waals surface area contributed by atoms with Crippen molar-refractivity contribution in [1.29, 1.82) is 0 Å². The average molecular weight is 506 g/mol. The van der Waals surface area contributed by atoms with Crippen molar-refractivity contribution in [3.63, 3.8) is 0 Å². The van der Waals surface area contributed by atoms with Crippen molar-refractivity contribution >= 4 is 36.0 Å². The van der Waals surface area contributed by atoms with Crippen LogP contribution >= 0.6 is 24.0 Å². The maximum absolute atomic E-state index is 11.7. The highest BCUT2D eigenvalue weighted by Crippen LogP contribution is 2.28. The van der Waals surface area contributed by atoms with E-state index in [1.807, 2.05) is 32.0 Å². The molecule has 0 bridgehead atoms. The molecule has 1 saturated heterocycles. The Kier molecular flexibility index (Phi) is 10.8. The zero-order chi connectivity index (χ0) is 19.6. The number of carbonyl (C=O) groups excluding carboxylic acids is 1. The maximum Gasteiger partial charge on any atom is 0.409 e. The number of benzene rings is 1. The van der Waals surface area contributed by atoms with E-state index in [4.69, 9.17) is 19.9 Å². The molecule has 0 saturated carbocycles. The average Bonchev–Trinajstić information content (AvgIpc) is 2.68. The molecule has 1 amide bonds. The molecule has 0 spiro atoms. The number of amides is 1. The van der Waals surface area contributed by atoms with Crippen LogP contribution in [0.3, 0.4) is 0 Å². The third-order valence-electron chi connectivity index (χ3n) is 4.33. The summed E-state index contributed by atoms with van der Waals surface area (Å²) in [6, 6.07) is 5.93. The monoisotopic (exact) mass is 506 g/mol. The molecule has 0 atom stereocenters. The summed E-state index contributed by atoms with van der Waals surface area (Å²) in [6.45, 7) is 6.47. The van der Waals surface area contributed by atoms with E-state index in [9.17, 15) is 4.79 Å². The molecule has 0 aromatic heterocycles. The van der Waals surface area contributed by atoms with E-state index in [2.05, 4.69) is 10.3 Å². The third-order valence-corrected chi connectivity index (χ3v) is 4.33. The number of nitrogens with one attached hydrogen (secondary N) is 1. The second kappa shape index (κ2) is 12.5. The molecule has 1 aromatic carbocycles. The number of methoxy groups -OCH3 is 1. The van der Waals surface area contributed by atoms with Gasteiger partial charge in [0.15, 0.2) is 17.5 Å². The molecule has 28 heavy (non-hydrogen) atoms. The first-order valence-corrected chi connectivity index (χ1v) is 9.35. The maximum atomic E-state index is 11.7. The lowest BCUT2D eigenvalue weighted by Gasteiger charge is -2.31. The molecule has 0 unspecified atom stereocenters. The number of aliphatic imine (C=N–C) groups is 1. The lowest BCUT2D eigenvalue weighted by molar-refractivity contribution is 0.0963. The van der Waals surface area contributed by atoms with Crippen LogP contribution in [0.4, 0.5) is 4.79 Å². The molecule has 2 rings (SSSR count). The number of guanidine groups is 1. The van der Waals surface area contributed by atoms with E-state index in [1.165, 1.54) is 0 Å². The molecule has 1 aliphatic heterocycles. The van der Waals surface area contributed by atoms with Crippen molar-refractivity contribution in [1.82, 2.24) is 10.2 Å². The number of nitrogens with two attached hydrogens (primary N) is 1. The molecular weight excluding hydrogens is 475 g/mol. The zero-order valence-corrected chi connectivity index (χ0v) is 19.1. The summed E-state index contributed by atoms with van der Waals surface area (Å²) in [5, 5.41) is 3.23. The largest absolute Gasteiger partial charge is 0.493 e. The first-order chi connectivity index (χ1) is 13.1. The van der Waals surface area contributed by atoms with Crippen LogP contribution in [0.5, 0.6) is 11.5 Å². The summed E-state index contributed by atoms with van der Waals surface area (Å²) in [5.74, 6) is 1.80. The predicted molar refractivity (Wildman–Crippen MR) is 120 cm³/mol. The number of halogens is 1. The molecule has 8 nitrogen and oxygen atoms in total. The minimum Gasteiger partial charge on any atom is -0.493 e. The van der Waals surface area contributed by atoms with Crippen molar-refractivity contribution in [2.24, 2.45) is 10.7 Å². The third kappa shape index (κ3) is 7.25. The molecule has 1 heterocycles. The van der Waals surface area contributed by atoms with Gasteiger partial charge in [0.2, 0.25) is 0 Å². The van der Waals surface area contributed by atoms with Crippen molar-refractivity contribution in [2.45, 2.75) is 39.3 Å². The Balaban J connectivity index is 0.00000392. The Bertz CT molecular complexity index is 649. The Hall–Kier alpha value is -1.91. The van der Waals surface area contributed by atoms with Crippen LogP contribution in [0.15, 0.2) is 23.2 Å². The summed E-state index contributed by atoms with van der Waals surface area (Å²) in [4.78, 5) is 17.8. The van der Waals surface area contributed by atoms with Gasteiger partial charge in [0.05, 0.1) is 26.9 Å². The van der Waals surface area contributed by atoms with Gasteiger partial charge in [0, 0.05) is 19.1 Å². The predicted octanol–water partition coefficient (Wildman–Crippen LogP) is 2.74. The normalized spacial score (nSPS) is 14.8. The molecule has 1 fully saturated rings. The molecule has 158 valence electrons. The van der Waals surface area contributed by atoms with Crippen molar-refractivity contribution in [3.05, 3.63) is 23.8 Å². The van der Waals surface area contributed by atoms with Crippen LogP contribution in [0.2, 0.25) is 0 Å². The highest BCUT2D eigenvalue weighted by atomic mass is 127. The van der Waals surface area contributed by atoms with Gasteiger partial charge >= 0.3 is 6.09 Å². The Morgan fingerprint density at radius 2 is 1.96 bits per heavy atom. The van der Waals surface area contributed by atoms with Crippen LogP contribution < -0.4 is 20.5 Å². The topological polar surface area (TPSA) is 98.4 Å². The Morgan fingerprint density at radius 1 is 1.25 bits per heavy atom. The smallest absolute Gasteiger partial charge is 0.409 e. The molecule has 3 N–H and O–H groups in total. The highest BCUT2D eigenvalue weighted by Gasteiger charge is 2.23. The second-order valence-electron chi connectivity index (χ2n) is 6.22. The second-order valence-corrected chi connectivity index (χ2v) is 6.22. The number of hydrogen-bond donors (Lipinski definition) is 2. The molecule has 0 radical (unpaired) electrons. The minimum atomic E-state index is -0.248. The fraction of sp³-hybridized carbons (Fsp3) is 0.579. The van der Waals surface area contributed by atoms with E-state index in [0.29, 0.717) is 50.3 Å². The van der Waals surface area contributed by atoms with Gasteiger partial charge in [0.25, 0.3) is 0 Å². The van der Waals surface area contributed by atoms with E-state index in [0.717, 1.165) is 18.4 Å². The van der Waals surface area contributed by atoms with Crippen molar-refractivity contribution in [2.75, 3.05) is 33.4 Å². The molecule has 9 heteroatoms. The highest BCUT2D eigenvalue weighted by molar-refractivity contribution is 14.0. The number of hydrogen-bond acceptors (Lipinski definition) is 5. The standard InChI is InChI=1S/C19H30N4O4.HI/c1-4-26-16-7-6-14(12-17(16)25-3)13-21-18(20)22-15-8-10-23(11-9-15)19(24)27-5-2;/h6-7,12,15H,4-5,8-11,13H2,1-3H3,(H3,20,21,22);1H. The summed E-state index contributed by atoms with van der Waals surface area (Å²) in [6.07, 6.45) is 1.37. The minimum absolute atomic E-state index is 0. The lowest BCUT2D eigenvalue weighted by Crippen LogP contribution is -2.48. The molecular formula is C19H31IN4O4. The zero-order valence-electron chi connectivity index (χ0n) is 16.8. The van der Waals surface area contributed by atoms with Gasteiger partial charge in [0.1, 0.15) is 0 Å². The van der Waals surface area contributed by atoms with Gasteiger partial charge in [-0.3, -0.25) is 0 Å². The SMILES string of the molecule is CCOC(=O)N1CCC(NC(N)=NCc2ccc(OCC)c(OC)c2)CC1.I. The van der Waals surface area contributed by atoms with Crippen LogP contribution in [-0.2, 0) is 11.3 Å². The number of ether oxygens (including phenoxy) is 3. The number of carbonyl (C=O) groups is 1. The first kappa shape index (κ1) is 24.1. The van der Waals surface area contributed by atoms with E-state index in [1.54, 1.807) is 12.0 Å². The van der Waals surface area contributed by atoms with Gasteiger partial charge in [-0.1, -0.05) is 6.07 Å². The fourth-order valence-corrected chi connectivity index (χ4v) is 2.94. The summed E-state index contributed by atoms with van der Waals surface area (Å²) >= 11 is 0. The Labute approximate surface area is 183 Å². The van der Waals surface area contributed by atoms with Crippen LogP contribution in [0.1, 0.15) is 32.3 Å².